The Morgan fingerprint density at radius 3 is 2.62 bits per heavy atom. The van der Waals surface area contributed by atoms with Crippen molar-refractivity contribution >= 4 is 10.9 Å². The van der Waals surface area contributed by atoms with Crippen LogP contribution >= 0.6 is 0 Å². The van der Waals surface area contributed by atoms with Crippen molar-refractivity contribution in [3.8, 4) is 11.5 Å². The van der Waals surface area contributed by atoms with Gasteiger partial charge in [0, 0.05) is 28.7 Å². The van der Waals surface area contributed by atoms with Crippen molar-refractivity contribution in [1.82, 2.24) is 4.98 Å². The van der Waals surface area contributed by atoms with E-state index in [4.69, 9.17) is 9.47 Å². The molecule has 1 aliphatic rings. The number of H-pyrrole nitrogens is 1. The maximum absolute atomic E-state index is 9.62. The molecular weight excluding hydrogens is 206 g/mol. The van der Waals surface area contributed by atoms with Gasteiger partial charge in [-0.25, -0.2) is 0 Å². The van der Waals surface area contributed by atoms with E-state index < -0.39 is 6.10 Å². The predicted molar refractivity (Wildman–Crippen MR) is 59.9 cm³/mol. The van der Waals surface area contributed by atoms with E-state index >= 15 is 0 Å². The van der Waals surface area contributed by atoms with Gasteiger partial charge in [-0.3, -0.25) is 0 Å². The first-order valence-corrected chi connectivity index (χ1v) is 5.34. The number of hydrogen-bond donors (Lipinski definition) is 2. The lowest BCUT2D eigenvalue weighted by Crippen LogP contribution is -2.15. The van der Waals surface area contributed by atoms with Gasteiger partial charge in [0.15, 0.2) is 11.5 Å². The molecule has 2 aromatic rings. The Labute approximate surface area is 92.8 Å². The van der Waals surface area contributed by atoms with E-state index in [2.05, 4.69) is 4.98 Å². The zero-order chi connectivity index (χ0) is 11.1. The molecule has 3 rings (SSSR count). The van der Waals surface area contributed by atoms with Gasteiger partial charge in [-0.1, -0.05) is 0 Å². The first-order chi connectivity index (χ1) is 7.75. The summed E-state index contributed by atoms with van der Waals surface area (Å²) >= 11 is 0. The number of aliphatic hydroxyl groups is 1. The van der Waals surface area contributed by atoms with Crippen LogP contribution in [0.1, 0.15) is 18.6 Å². The van der Waals surface area contributed by atoms with Gasteiger partial charge in [0.05, 0.1) is 6.10 Å². The van der Waals surface area contributed by atoms with E-state index in [1.807, 2.05) is 18.3 Å². The molecule has 0 spiro atoms. The Kier molecular flexibility index (Phi) is 2.04. The monoisotopic (exact) mass is 219 g/mol. The molecule has 0 saturated carbocycles. The molecule has 0 radical (unpaired) electrons. The third-order valence-corrected chi connectivity index (χ3v) is 2.83. The molecule has 2 heterocycles. The van der Waals surface area contributed by atoms with Crippen LogP contribution in [0.3, 0.4) is 0 Å². The Balaban J connectivity index is 2.22. The summed E-state index contributed by atoms with van der Waals surface area (Å²) in [7, 11) is 0. The van der Waals surface area contributed by atoms with Gasteiger partial charge >= 0.3 is 0 Å². The van der Waals surface area contributed by atoms with E-state index in [1.165, 1.54) is 0 Å². The van der Waals surface area contributed by atoms with Gasteiger partial charge in [-0.15, -0.1) is 0 Å². The Morgan fingerprint density at radius 2 is 1.94 bits per heavy atom. The molecule has 0 fully saturated rings. The highest BCUT2D eigenvalue weighted by molar-refractivity contribution is 5.87. The van der Waals surface area contributed by atoms with Crippen LogP contribution < -0.4 is 9.47 Å². The summed E-state index contributed by atoms with van der Waals surface area (Å²) in [5, 5.41) is 10.6. The fraction of sp³-hybridized carbons (Fsp3) is 0.333. The molecule has 4 nitrogen and oxygen atoms in total. The summed E-state index contributed by atoms with van der Waals surface area (Å²) in [6.45, 7) is 2.91. The topological polar surface area (TPSA) is 54.5 Å². The highest BCUT2D eigenvalue weighted by Crippen LogP contribution is 2.36. The highest BCUT2D eigenvalue weighted by Gasteiger charge is 2.16. The minimum Gasteiger partial charge on any atom is -0.486 e. The minimum absolute atomic E-state index is 0.490. The summed E-state index contributed by atoms with van der Waals surface area (Å²) in [4.78, 5) is 3.12. The van der Waals surface area contributed by atoms with E-state index in [1.54, 1.807) is 6.92 Å². The number of benzene rings is 1. The summed E-state index contributed by atoms with van der Waals surface area (Å²) in [5.74, 6) is 1.51. The molecule has 0 amide bonds. The molecular formula is C12H13NO3. The standard InChI is InChI=1S/C12H13NO3/c1-7(14)9-6-13-10-5-12-11(4-8(9)10)15-2-3-16-12/h4-7,13-14H,2-3H2,1H3. The molecule has 16 heavy (non-hydrogen) atoms. The highest BCUT2D eigenvalue weighted by atomic mass is 16.6. The molecule has 1 aliphatic heterocycles. The number of ether oxygens (including phenoxy) is 2. The number of aromatic nitrogens is 1. The van der Waals surface area contributed by atoms with E-state index in [0.29, 0.717) is 13.2 Å². The molecule has 0 bridgehead atoms. The number of aromatic amines is 1. The van der Waals surface area contributed by atoms with E-state index in [9.17, 15) is 5.11 Å². The summed E-state index contributed by atoms with van der Waals surface area (Å²) < 4.78 is 11.0. The van der Waals surface area contributed by atoms with Crippen molar-refractivity contribution in [2.45, 2.75) is 13.0 Å². The predicted octanol–water partition coefficient (Wildman–Crippen LogP) is 1.99. The second kappa shape index (κ2) is 3.42. The maximum Gasteiger partial charge on any atom is 0.163 e. The van der Waals surface area contributed by atoms with Crippen LogP contribution in [0.2, 0.25) is 0 Å². The number of nitrogens with one attached hydrogen (secondary N) is 1. The van der Waals surface area contributed by atoms with Crippen molar-refractivity contribution in [3.63, 3.8) is 0 Å². The zero-order valence-electron chi connectivity index (χ0n) is 8.99. The maximum atomic E-state index is 9.62. The molecule has 84 valence electrons. The van der Waals surface area contributed by atoms with Gasteiger partial charge in [-0.2, -0.15) is 0 Å². The lowest BCUT2D eigenvalue weighted by molar-refractivity contribution is 0.172. The van der Waals surface area contributed by atoms with Crippen LogP contribution in [-0.4, -0.2) is 23.3 Å². The van der Waals surface area contributed by atoms with Gasteiger partial charge in [0.1, 0.15) is 13.2 Å². The molecule has 1 aromatic heterocycles. The molecule has 4 heteroatoms. The van der Waals surface area contributed by atoms with Crippen molar-refractivity contribution in [2.75, 3.05) is 13.2 Å². The Morgan fingerprint density at radius 1 is 1.25 bits per heavy atom. The van der Waals surface area contributed by atoms with E-state index in [-0.39, 0.29) is 0 Å². The second-order valence-corrected chi connectivity index (χ2v) is 3.96. The zero-order valence-corrected chi connectivity index (χ0v) is 8.99. The minimum atomic E-state index is -0.490. The van der Waals surface area contributed by atoms with Crippen LogP contribution in [0, 0.1) is 0 Å². The van der Waals surface area contributed by atoms with Crippen molar-refractivity contribution in [3.05, 3.63) is 23.9 Å². The average Bonchev–Trinajstić information content (AvgIpc) is 2.68. The lowest BCUT2D eigenvalue weighted by Gasteiger charge is -2.18. The summed E-state index contributed by atoms with van der Waals surface area (Å²) in [6, 6.07) is 3.83. The lowest BCUT2D eigenvalue weighted by atomic mass is 10.1. The average molecular weight is 219 g/mol. The van der Waals surface area contributed by atoms with Gasteiger partial charge in [-0.05, 0) is 13.0 Å². The molecule has 0 aliphatic carbocycles. The van der Waals surface area contributed by atoms with Crippen LogP contribution in [-0.2, 0) is 0 Å². The van der Waals surface area contributed by atoms with Crippen molar-refractivity contribution < 1.29 is 14.6 Å². The molecule has 0 saturated heterocycles. The Hall–Kier alpha value is -1.68. The van der Waals surface area contributed by atoms with Crippen LogP contribution in [0.15, 0.2) is 18.3 Å². The van der Waals surface area contributed by atoms with Crippen molar-refractivity contribution in [2.24, 2.45) is 0 Å². The molecule has 1 aromatic carbocycles. The number of fused-ring (bicyclic) bond motifs is 2. The normalized spacial score (nSPS) is 16.4. The number of hydrogen-bond acceptors (Lipinski definition) is 3. The Bertz CT molecular complexity index is 530. The van der Waals surface area contributed by atoms with Crippen LogP contribution in [0.25, 0.3) is 10.9 Å². The molecule has 2 N–H and O–H groups in total. The number of rotatable bonds is 1. The van der Waals surface area contributed by atoms with Gasteiger partial charge in [0.25, 0.3) is 0 Å². The fourth-order valence-corrected chi connectivity index (χ4v) is 2.03. The molecule has 1 unspecified atom stereocenters. The van der Waals surface area contributed by atoms with Gasteiger partial charge < -0.3 is 19.6 Å². The quantitative estimate of drug-likeness (QED) is 0.771. The first-order valence-electron chi connectivity index (χ1n) is 5.34. The SMILES string of the molecule is CC(O)c1c[nH]c2cc3c(cc12)OCCO3. The summed E-state index contributed by atoms with van der Waals surface area (Å²) in [6.07, 6.45) is 1.33. The smallest absolute Gasteiger partial charge is 0.163 e. The third kappa shape index (κ3) is 1.34. The largest absolute Gasteiger partial charge is 0.486 e. The van der Waals surface area contributed by atoms with Crippen LogP contribution in [0.4, 0.5) is 0 Å². The third-order valence-electron chi connectivity index (χ3n) is 2.83. The summed E-state index contributed by atoms with van der Waals surface area (Å²) in [5.41, 5.74) is 1.84. The first kappa shape index (κ1) is 9.54. The van der Waals surface area contributed by atoms with Crippen molar-refractivity contribution in [1.29, 1.82) is 0 Å². The van der Waals surface area contributed by atoms with Crippen LogP contribution in [0.5, 0.6) is 11.5 Å². The second-order valence-electron chi connectivity index (χ2n) is 3.96. The number of aliphatic hydroxyl groups excluding tert-OH is 1. The molecule has 1 atom stereocenters. The van der Waals surface area contributed by atoms with Gasteiger partial charge in [0.2, 0.25) is 0 Å². The van der Waals surface area contributed by atoms with E-state index in [0.717, 1.165) is 28.0 Å². The fourth-order valence-electron chi connectivity index (χ4n) is 2.03.